The fourth-order valence-electron chi connectivity index (χ4n) is 2.64. The Morgan fingerprint density at radius 1 is 1.24 bits per heavy atom. The highest BCUT2D eigenvalue weighted by Crippen LogP contribution is 2.24. The average Bonchev–Trinajstić information content (AvgIpc) is 2.46. The number of nitrogens with zero attached hydrogens (tertiary/aromatic N) is 1. The zero-order valence-corrected chi connectivity index (χ0v) is 13.7. The van der Waals surface area contributed by atoms with E-state index in [0.717, 1.165) is 12.8 Å². The van der Waals surface area contributed by atoms with E-state index in [9.17, 15) is 13.2 Å². The third-order valence-electron chi connectivity index (χ3n) is 3.92. The lowest BCUT2D eigenvalue weighted by atomic mass is 10.0. The van der Waals surface area contributed by atoms with Crippen molar-refractivity contribution in [2.75, 3.05) is 13.1 Å². The highest BCUT2D eigenvalue weighted by molar-refractivity contribution is 7.89. The number of hydrogen-bond donors (Lipinski definition) is 0. The number of carbonyl (C=O) groups is 1. The Kier molecular flexibility index (Phi) is 4.84. The SMILES string of the molecule is CC1CCCN(S(=O)(=O)c2ccc(C(=O)C(C)C)cc2)C1. The molecule has 1 saturated heterocycles. The molecule has 0 bridgehead atoms. The van der Waals surface area contributed by atoms with Crippen LogP contribution < -0.4 is 0 Å². The van der Waals surface area contributed by atoms with Crippen LogP contribution in [0.4, 0.5) is 0 Å². The van der Waals surface area contributed by atoms with Crippen molar-refractivity contribution >= 4 is 15.8 Å². The molecule has 1 atom stereocenters. The second kappa shape index (κ2) is 6.28. The Morgan fingerprint density at radius 3 is 2.38 bits per heavy atom. The summed E-state index contributed by atoms with van der Waals surface area (Å²) in [4.78, 5) is 12.2. The Labute approximate surface area is 127 Å². The predicted molar refractivity (Wildman–Crippen MR) is 82.8 cm³/mol. The van der Waals surface area contributed by atoms with Gasteiger partial charge >= 0.3 is 0 Å². The molecule has 0 spiro atoms. The normalized spacial score (nSPS) is 20.7. The van der Waals surface area contributed by atoms with E-state index in [4.69, 9.17) is 0 Å². The van der Waals surface area contributed by atoms with Gasteiger partial charge in [-0.2, -0.15) is 4.31 Å². The molecule has 1 aliphatic heterocycles. The van der Waals surface area contributed by atoms with Gasteiger partial charge in [-0.05, 0) is 30.9 Å². The summed E-state index contributed by atoms with van der Waals surface area (Å²) >= 11 is 0. The number of rotatable bonds is 4. The van der Waals surface area contributed by atoms with Gasteiger partial charge in [0.1, 0.15) is 0 Å². The molecule has 21 heavy (non-hydrogen) atoms. The molecule has 0 amide bonds. The molecule has 1 aromatic carbocycles. The van der Waals surface area contributed by atoms with Crippen molar-refractivity contribution in [3.8, 4) is 0 Å². The molecule has 1 fully saturated rings. The minimum absolute atomic E-state index is 0.0329. The van der Waals surface area contributed by atoms with Crippen LogP contribution in [0, 0.1) is 11.8 Å². The number of sulfonamides is 1. The molecule has 4 nitrogen and oxygen atoms in total. The fourth-order valence-corrected chi connectivity index (χ4v) is 4.24. The molecule has 1 heterocycles. The molecule has 0 saturated carbocycles. The summed E-state index contributed by atoms with van der Waals surface area (Å²) in [7, 11) is -3.44. The standard InChI is InChI=1S/C16H23NO3S/c1-12(2)16(18)14-6-8-15(9-7-14)21(19,20)17-10-4-5-13(3)11-17/h6-9,12-13H,4-5,10-11H2,1-3H3. The molecule has 1 unspecified atom stereocenters. The Bertz CT molecular complexity index is 605. The van der Waals surface area contributed by atoms with Gasteiger partial charge in [0, 0.05) is 24.6 Å². The first kappa shape index (κ1) is 16.2. The zero-order valence-electron chi connectivity index (χ0n) is 12.9. The molecule has 1 aromatic rings. The predicted octanol–water partition coefficient (Wildman–Crippen LogP) is 2.95. The first-order chi connectivity index (χ1) is 9.82. The van der Waals surface area contributed by atoms with Gasteiger partial charge in [-0.1, -0.05) is 32.9 Å². The molecule has 0 aromatic heterocycles. The summed E-state index contributed by atoms with van der Waals surface area (Å²) in [5.74, 6) is 0.344. The zero-order chi connectivity index (χ0) is 15.6. The second-order valence-corrected chi connectivity index (χ2v) is 8.09. The van der Waals surface area contributed by atoms with E-state index in [0.29, 0.717) is 24.6 Å². The average molecular weight is 309 g/mol. The van der Waals surface area contributed by atoms with Gasteiger partial charge in [-0.3, -0.25) is 4.79 Å². The van der Waals surface area contributed by atoms with E-state index in [1.165, 1.54) is 0 Å². The van der Waals surface area contributed by atoms with Gasteiger partial charge in [-0.15, -0.1) is 0 Å². The number of carbonyl (C=O) groups excluding carboxylic acids is 1. The van der Waals surface area contributed by atoms with E-state index in [1.54, 1.807) is 28.6 Å². The first-order valence-corrected chi connectivity index (χ1v) is 8.91. The first-order valence-electron chi connectivity index (χ1n) is 7.47. The van der Waals surface area contributed by atoms with E-state index < -0.39 is 10.0 Å². The van der Waals surface area contributed by atoms with Gasteiger partial charge in [0.05, 0.1) is 4.90 Å². The highest BCUT2D eigenvalue weighted by atomic mass is 32.2. The van der Waals surface area contributed by atoms with Crippen LogP contribution >= 0.6 is 0 Å². The number of hydrogen-bond acceptors (Lipinski definition) is 3. The van der Waals surface area contributed by atoms with E-state index in [2.05, 4.69) is 6.92 Å². The third kappa shape index (κ3) is 3.52. The van der Waals surface area contributed by atoms with E-state index in [1.807, 2.05) is 13.8 Å². The van der Waals surface area contributed by atoms with Gasteiger partial charge in [0.25, 0.3) is 0 Å². The Morgan fingerprint density at radius 2 is 1.86 bits per heavy atom. The van der Waals surface area contributed by atoms with Crippen molar-refractivity contribution in [3.63, 3.8) is 0 Å². The largest absolute Gasteiger partial charge is 0.294 e. The summed E-state index contributed by atoms with van der Waals surface area (Å²) in [6.45, 7) is 6.91. The maximum atomic E-state index is 12.6. The van der Waals surface area contributed by atoms with Crippen molar-refractivity contribution in [1.29, 1.82) is 0 Å². The van der Waals surface area contributed by atoms with Gasteiger partial charge in [-0.25, -0.2) is 8.42 Å². The maximum absolute atomic E-state index is 12.6. The topological polar surface area (TPSA) is 54.5 Å². The van der Waals surface area contributed by atoms with E-state index >= 15 is 0 Å². The third-order valence-corrected chi connectivity index (χ3v) is 5.80. The van der Waals surface area contributed by atoms with Gasteiger partial charge < -0.3 is 0 Å². The lowest BCUT2D eigenvalue weighted by Crippen LogP contribution is -2.39. The molecule has 1 aliphatic rings. The summed E-state index contributed by atoms with van der Waals surface area (Å²) in [6, 6.07) is 6.32. The van der Waals surface area contributed by atoms with Crippen molar-refractivity contribution in [1.82, 2.24) is 4.31 Å². The maximum Gasteiger partial charge on any atom is 0.243 e. The smallest absolute Gasteiger partial charge is 0.243 e. The van der Waals surface area contributed by atoms with Crippen LogP contribution in [0.25, 0.3) is 0 Å². The fraction of sp³-hybridized carbons (Fsp3) is 0.562. The Hall–Kier alpha value is -1.20. The second-order valence-electron chi connectivity index (χ2n) is 6.15. The van der Waals surface area contributed by atoms with Crippen LogP contribution in [0.3, 0.4) is 0 Å². The van der Waals surface area contributed by atoms with Gasteiger partial charge in [0.15, 0.2) is 5.78 Å². The minimum atomic E-state index is -3.44. The van der Waals surface area contributed by atoms with Crippen LogP contribution in [0.5, 0.6) is 0 Å². The number of ketones is 1. The lowest BCUT2D eigenvalue weighted by Gasteiger charge is -2.30. The summed E-state index contributed by atoms with van der Waals surface area (Å²) in [6.07, 6.45) is 1.98. The molecule has 0 N–H and O–H groups in total. The molecule has 0 radical (unpaired) electrons. The monoisotopic (exact) mass is 309 g/mol. The molecule has 116 valence electrons. The minimum Gasteiger partial charge on any atom is -0.294 e. The van der Waals surface area contributed by atoms with Crippen LogP contribution in [-0.4, -0.2) is 31.6 Å². The highest BCUT2D eigenvalue weighted by Gasteiger charge is 2.28. The van der Waals surface area contributed by atoms with Crippen molar-refractivity contribution in [2.24, 2.45) is 11.8 Å². The molecular weight excluding hydrogens is 286 g/mol. The van der Waals surface area contributed by atoms with Crippen molar-refractivity contribution in [3.05, 3.63) is 29.8 Å². The van der Waals surface area contributed by atoms with Crippen molar-refractivity contribution < 1.29 is 13.2 Å². The summed E-state index contributed by atoms with van der Waals surface area (Å²) < 4.78 is 26.7. The van der Waals surface area contributed by atoms with Crippen molar-refractivity contribution in [2.45, 2.75) is 38.5 Å². The van der Waals surface area contributed by atoms with E-state index in [-0.39, 0.29) is 16.6 Å². The lowest BCUT2D eigenvalue weighted by molar-refractivity contribution is 0.0939. The van der Waals surface area contributed by atoms with Crippen LogP contribution in [0.2, 0.25) is 0 Å². The number of piperidine rings is 1. The molecule has 2 rings (SSSR count). The summed E-state index contributed by atoms with van der Waals surface area (Å²) in [5, 5.41) is 0. The number of benzene rings is 1. The summed E-state index contributed by atoms with van der Waals surface area (Å²) in [5.41, 5.74) is 0.566. The quantitative estimate of drug-likeness (QED) is 0.804. The number of Topliss-reactive ketones (excluding diaryl/α,β-unsaturated/α-hetero) is 1. The van der Waals surface area contributed by atoms with Crippen LogP contribution in [0.1, 0.15) is 44.0 Å². The molecular formula is C16H23NO3S. The molecule has 0 aliphatic carbocycles. The Balaban J connectivity index is 2.23. The van der Waals surface area contributed by atoms with Crippen LogP contribution in [-0.2, 0) is 10.0 Å². The van der Waals surface area contributed by atoms with Gasteiger partial charge in [0.2, 0.25) is 10.0 Å². The molecule has 5 heteroatoms. The van der Waals surface area contributed by atoms with Crippen LogP contribution in [0.15, 0.2) is 29.2 Å².